The van der Waals surface area contributed by atoms with Gasteiger partial charge in [-0.25, -0.2) is 4.79 Å². The van der Waals surface area contributed by atoms with Gasteiger partial charge in [0.05, 0.1) is 12.6 Å². The number of amides is 2. The molecule has 4 nitrogen and oxygen atoms in total. The van der Waals surface area contributed by atoms with Crippen LogP contribution >= 0.6 is 0 Å². The van der Waals surface area contributed by atoms with E-state index in [0.717, 1.165) is 6.54 Å². The van der Waals surface area contributed by atoms with Gasteiger partial charge in [-0.05, 0) is 49.7 Å². The second-order valence-electron chi connectivity index (χ2n) is 6.51. The lowest BCUT2D eigenvalue weighted by molar-refractivity contribution is 0.220. The van der Waals surface area contributed by atoms with Crippen LogP contribution in [0.4, 0.5) is 4.79 Å². The predicted molar refractivity (Wildman–Crippen MR) is 82.2 cm³/mol. The number of carbonyl (C=O) groups is 1. The summed E-state index contributed by atoms with van der Waals surface area (Å²) in [6.07, 6.45) is 4.86. The van der Waals surface area contributed by atoms with Crippen molar-refractivity contribution in [2.24, 2.45) is 5.92 Å². The largest absolute Gasteiger partial charge is 0.394 e. The Morgan fingerprint density at radius 3 is 3.10 bits per heavy atom. The summed E-state index contributed by atoms with van der Waals surface area (Å²) in [4.78, 5) is 11.7. The van der Waals surface area contributed by atoms with Gasteiger partial charge in [0.25, 0.3) is 0 Å². The third-order valence-corrected chi connectivity index (χ3v) is 5.02. The summed E-state index contributed by atoms with van der Waals surface area (Å²) in [7, 11) is 0. The SMILES string of the molecule is C[C@H](CO)NC(=O)NC[C@@H]1C[C@]12CCCc1ccccc12. The Kier molecular flexibility index (Phi) is 3.89. The number of rotatable bonds is 4. The molecule has 0 bridgehead atoms. The standard InChI is InChI=1S/C17H24N2O2/c1-12(11-20)19-16(21)18-10-14-9-17(14)8-4-6-13-5-2-3-7-15(13)17/h2-3,5,7,12,14,20H,4,6,8-11H2,1H3,(H2,18,19,21)/t12-,14+,17-/m1/s1. The molecular formula is C17H24N2O2. The molecule has 0 aromatic heterocycles. The van der Waals surface area contributed by atoms with Crippen molar-refractivity contribution < 1.29 is 9.90 Å². The maximum Gasteiger partial charge on any atom is 0.315 e. The fraction of sp³-hybridized carbons (Fsp3) is 0.588. The molecule has 114 valence electrons. The molecule has 1 aromatic rings. The Hall–Kier alpha value is -1.55. The summed E-state index contributed by atoms with van der Waals surface area (Å²) in [5.74, 6) is 0.550. The van der Waals surface area contributed by atoms with Crippen LogP contribution in [0.25, 0.3) is 0 Å². The molecular weight excluding hydrogens is 264 g/mol. The molecule has 3 rings (SSSR count). The Morgan fingerprint density at radius 1 is 1.48 bits per heavy atom. The summed E-state index contributed by atoms with van der Waals surface area (Å²) in [6, 6.07) is 8.38. The highest BCUT2D eigenvalue weighted by molar-refractivity contribution is 5.74. The van der Waals surface area contributed by atoms with Crippen LogP contribution in [-0.2, 0) is 11.8 Å². The van der Waals surface area contributed by atoms with E-state index in [-0.39, 0.29) is 18.7 Å². The number of carbonyl (C=O) groups excluding carboxylic acids is 1. The van der Waals surface area contributed by atoms with Crippen molar-refractivity contribution in [2.75, 3.05) is 13.2 Å². The summed E-state index contributed by atoms with van der Waals surface area (Å²) >= 11 is 0. The molecule has 21 heavy (non-hydrogen) atoms. The molecule has 2 amide bonds. The molecule has 2 aliphatic rings. The first-order valence-electron chi connectivity index (χ1n) is 7.89. The fourth-order valence-corrected chi connectivity index (χ4v) is 3.77. The van der Waals surface area contributed by atoms with Gasteiger partial charge in [-0.15, -0.1) is 0 Å². The summed E-state index contributed by atoms with van der Waals surface area (Å²) < 4.78 is 0. The minimum absolute atomic E-state index is 0.0336. The van der Waals surface area contributed by atoms with Crippen LogP contribution in [0.2, 0.25) is 0 Å². The number of aliphatic hydroxyl groups is 1. The highest BCUT2D eigenvalue weighted by Crippen LogP contribution is 2.59. The smallest absolute Gasteiger partial charge is 0.315 e. The van der Waals surface area contributed by atoms with Crippen LogP contribution < -0.4 is 10.6 Å². The quantitative estimate of drug-likeness (QED) is 0.793. The topological polar surface area (TPSA) is 61.4 Å². The number of hydrogen-bond acceptors (Lipinski definition) is 2. The minimum atomic E-state index is -0.200. The molecule has 4 heteroatoms. The van der Waals surface area contributed by atoms with Gasteiger partial charge in [0.1, 0.15) is 0 Å². The van der Waals surface area contributed by atoms with Gasteiger partial charge in [-0.2, -0.15) is 0 Å². The van der Waals surface area contributed by atoms with Gasteiger partial charge in [0, 0.05) is 12.0 Å². The van der Waals surface area contributed by atoms with E-state index < -0.39 is 0 Å². The first kappa shape index (κ1) is 14.4. The monoisotopic (exact) mass is 288 g/mol. The van der Waals surface area contributed by atoms with Gasteiger partial charge in [0.15, 0.2) is 0 Å². The summed E-state index contributed by atoms with van der Waals surface area (Å²) in [5, 5.41) is 14.6. The van der Waals surface area contributed by atoms with Crippen molar-refractivity contribution in [3.05, 3.63) is 35.4 Å². The van der Waals surface area contributed by atoms with E-state index >= 15 is 0 Å². The molecule has 0 radical (unpaired) electrons. The van der Waals surface area contributed by atoms with Crippen molar-refractivity contribution in [3.8, 4) is 0 Å². The Balaban J connectivity index is 1.58. The number of benzene rings is 1. The van der Waals surface area contributed by atoms with Crippen molar-refractivity contribution in [1.82, 2.24) is 10.6 Å². The molecule has 1 fully saturated rings. The molecule has 1 saturated carbocycles. The van der Waals surface area contributed by atoms with Crippen LogP contribution in [0.1, 0.15) is 37.3 Å². The Labute approximate surface area is 125 Å². The van der Waals surface area contributed by atoms with E-state index in [2.05, 4.69) is 34.9 Å². The Morgan fingerprint density at radius 2 is 2.29 bits per heavy atom. The van der Waals surface area contributed by atoms with Crippen molar-refractivity contribution in [1.29, 1.82) is 0 Å². The average Bonchev–Trinajstić information content (AvgIpc) is 3.19. The molecule has 1 spiro atoms. The zero-order valence-corrected chi connectivity index (χ0v) is 12.6. The maximum absolute atomic E-state index is 11.7. The highest BCUT2D eigenvalue weighted by atomic mass is 16.3. The molecule has 0 aliphatic heterocycles. The number of aryl methyl sites for hydroxylation is 1. The van der Waals surface area contributed by atoms with Gasteiger partial charge >= 0.3 is 6.03 Å². The molecule has 1 aromatic carbocycles. The molecule has 3 atom stereocenters. The zero-order valence-electron chi connectivity index (χ0n) is 12.6. The normalized spacial score (nSPS) is 27.8. The lowest BCUT2D eigenvalue weighted by Crippen LogP contribution is -2.43. The number of hydrogen-bond donors (Lipinski definition) is 3. The number of aliphatic hydroxyl groups excluding tert-OH is 1. The fourth-order valence-electron chi connectivity index (χ4n) is 3.77. The van der Waals surface area contributed by atoms with Crippen LogP contribution in [0, 0.1) is 5.92 Å². The maximum atomic E-state index is 11.7. The van der Waals surface area contributed by atoms with E-state index in [4.69, 9.17) is 5.11 Å². The first-order valence-corrected chi connectivity index (χ1v) is 7.89. The van der Waals surface area contributed by atoms with Gasteiger partial charge in [-0.1, -0.05) is 24.3 Å². The third kappa shape index (κ3) is 2.77. The first-order chi connectivity index (χ1) is 10.2. The Bertz CT molecular complexity index is 531. The average molecular weight is 288 g/mol. The van der Waals surface area contributed by atoms with Crippen molar-refractivity contribution in [3.63, 3.8) is 0 Å². The second-order valence-corrected chi connectivity index (χ2v) is 6.51. The lowest BCUT2D eigenvalue weighted by Gasteiger charge is -2.26. The molecule has 0 saturated heterocycles. The molecule has 0 unspecified atom stereocenters. The van der Waals surface area contributed by atoms with Crippen molar-refractivity contribution >= 4 is 6.03 Å². The lowest BCUT2D eigenvalue weighted by atomic mass is 9.78. The van der Waals surface area contributed by atoms with Gasteiger partial charge in [0.2, 0.25) is 0 Å². The molecule has 2 aliphatic carbocycles. The summed E-state index contributed by atoms with van der Waals surface area (Å²) in [6.45, 7) is 2.47. The van der Waals surface area contributed by atoms with Crippen LogP contribution in [0.15, 0.2) is 24.3 Å². The van der Waals surface area contributed by atoms with E-state index in [1.54, 1.807) is 6.92 Å². The number of urea groups is 1. The third-order valence-electron chi connectivity index (χ3n) is 5.02. The minimum Gasteiger partial charge on any atom is -0.394 e. The van der Waals surface area contributed by atoms with E-state index in [0.29, 0.717) is 11.3 Å². The van der Waals surface area contributed by atoms with E-state index in [9.17, 15) is 4.79 Å². The zero-order chi connectivity index (χ0) is 14.9. The van der Waals surface area contributed by atoms with Crippen LogP contribution in [-0.4, -0.2) is 30.3 Å². The summed E-state index contributed by atoms with van der Waals surface area (Å²) in [5.41, 5.74) is 3.31. The van der Waals surface area contributed by atoms with Gasteiger partial charge in [-0.3, -0.25) is 0 Å². The van der Waals surface area contributed by atoms with Gasteiger partial charge < -0.3 is 15.7 Å². The molecule has 0 heterocycles. The van der Waals surface area contributed by atoms with Crippen LogP contribution in [0.3, 0.4) is 0 Å². The second kappa shape index (κ2) is 5.68. The van der Waals surface area contributed by atoms with E-state index in [1.165, 1.54) is 36.8 Å². The number of nitrogens with one attached hydrogen (secondary N) is 2. The number of fused-ring (bicyclic) bond motifs is 2. The highest BCUT2D eigenvalue weighted by Gasteiger charge is 2.56. The predicted octanol–water partition coefficient (Wildman–Crippen LogP) is 1.96. The molecule has 3 N–H and O–H groups in total. The van der Waals surface area contributed by atoms with Crippen molar-refractivity contribution in [2.45, 2.75) is 44.1 Å². The van der Waals surface area contributed by atoms with E-state index in [1.807, 2.05) is 0 Å². The van der Waals surface area contributed by atoms with Crippen LogP contribution in [0.5, 0.6) is 0 Å².